The molecule has 0 aromatic heterocycles. The summed E-state index contributed by atoms with van der Waals surface area (Å²) in [6.07, 6.45) is -0.214. The van der Waals surface area contributed by atoms with Crippen LogP contribution in [-0.2, 0) is 11.2 Å². The Morgan fingerprint density at radius 1 is 1.57 bits per heavy atom. The first-order chi connectivity index (χ1) is 6.54. The second kappa shape index (κ2) is 4.03. The predicted octanol–water partition coefficient (Wildman–Crippen LogP) is 1.18. The first-order valence-corrected chi connectivity index (χ1v) is 4.16. The quantitative estimate of drug-likeness (QED) is 0.639. The summed E-state index contributed by atoms with van der Waals surface area (Å²) in [5, 5.41) is 26.4. The zero-order valence-corrected chi connectivity index (χ0v) is 7.95. The smallest absolute Gasteiger partial charge is 0.307 e. The highest BCUT2D eigenvalue weighted by Crippen LogP contribution is 2.24. The molecule has 0 heterocycles. The molecule has 0 bridgehead atoms. The number of rotatable bonds is 2. The van der Waals surface area contributed by atoms with Gasteiger partial charge in [-0.25, -0.2) is 0 Å². The third-order valence-electron chi connectivity index (χ3n) is 1.66. The van der Waals surface area contributed by atoms with Gasteiger partial charge in [-0.1, -0.05) is 0 Å². The van der Waals surface area contributed by atoms with Gasteiger partial charge in [-0.2, -0.15) is 5.26 Å². The molecule has 0 spiro atoms. The van der Waals surface area contributed by atoms with Crippen LogP contribution >= 0.6 is 12.6 Å². The van der Waals surface area contributed by atoms with E-state index >= 15 is 0 Å². The number of carbonyl (C=O) groups is 1. The van der Waals surface area contributed by atoms with Crippen LogP contribution in [0, 0.1) is 11.3 Å². The van der Waals surface area contributed by atoms with Crippen LogP contribution in [0.15, 0.2) is 17.0 Å². The molecule has 0 saturated heterocycles. The molecule has 0 saturated carbocycles. The number of aliphatic carboxylic acids is 1. The van der Waals surface area contributed by atoms with E-state index < -0.39 is 5.97 Å². The second-order valence-corrected chi connectivity index (χ2v) is 3.16. The molecular formula is C9H7NO3S. The molecule has 5 heteroatoms. The normalized spacial score (nSPS) is 9.43. The monoisotopic (exact) mass is 209 g/mol. The fraction of sp³-hybridized carbons (Fsp3) is 0.111. The Balaban J connectivity index is 3.19. The van der Waals surface area contributed by atoms with Gasteiger partial charge in [-0.3, -0.25) is 4.79 Å². The number of hydrogen-bond acceptors (Lipinski definition) is 4. The summed E-state index contributed by atoms with van der Waals surface area (Å²) in [7, 11) is 0. The minimum absolute atomic E-state index is 0.0547. The lowest BCUT2D eigenvalue weighted by molar-refractivity contribution is -0.136. The maximum absolute atomic E-state index is 10.4. The summed E-state index contributed by atoms with van der Waals surface area (Å²) in [5.41, 5.74) is 0.467. The molecule has 0 unspecified atom stereocenters. The number of phenols is 1. The highest BCUT2D eigenvalue weighted by molar-refractivity contribution is 7.80. The van der Waals surface area contributed by atoms with E-state index in [4.69, 9.17) is 10.4 Å². The van der Waals surface area contributed by atoms with Crippen molar-refractivity contribution in [2.24, 2.45) is 0 Å². The predicted molar refractivity (Wildman–Crippen MR) is 51.4 cm³/mol. The van der Waals surface area contributed by atoms with Gasteiger partial charge in [0, 0.05) is 4.90 Å². The molecule has 72 valence electrons. The topological polar surface area (TPSA) is 81.3 Å². The van der Waals surface area contributed by atoms with Crippen LogP contribution in [0.25, 0.3) is 0 Å². The number of thiol groups is 1. The molecule has 0 radical (unpaired) electrons. The SMILES string of the molecule is N#Cc1cc(CC(=O)O)c(S)cc1O. The molecular weight excluding hydrogens is 202 g/mol. The Bertz CT molecular complexity index is 423. The molecule has 0 aliphatic heterocycles. The lowest BCUT2D eigenvalue weighted by Gasteiger charge is -2.04. The number of nitrogens with zero attached hydrogens (tertiary/aromatic N) is 1. The van der Waals surface area contributed by atoms with E-state index in [-0.39, 0.29) is 17.7 Å². The van der Waals surface area contributed by atoms with Crippen molar-refractivity contribution in [2.45, 2.75) is 11.3 Å². The Labute approximate surface area is 85.8 Å². The van der Waals surface area contributed by atoms with E-state index in [2.05, 4.69) is 12.6 Å². The fourth-order valence-electron chi connectivity index (χ4n) is 1.02. The third kappa shape index (κ3) is 2.18. The van der Waals surface area contributed by atoms with Gasteiger partial charge in [0.1, 0.15) is 11.8 Å². The largest absolute Gasteiger partial charge is 0.507 e. The summed E-state index contributed by atoms with van der Waals surface area (Å²) < 4.78 is 0. The van der Waals surface area contributed by atoms with Crippen molar-refractivity contribution in [3.8, 4) is 11.8 Å². The number of benzene rings is 1. The highest BCUT2D eigenvalue weighted by Gasteiger charge is 2.09. The highest BCUT2D eigenvalue weighted by atomic mass is 32.1. The van der Waals surface area contributed by atoms with Gasteiger partial charge in [0.05, 0.1) is 12.0 Å². The molecule has 1 rings (SSSR count). The molecule has 0 aliphatic carbocycles. The van der Waals surface area contributed by atoms with Gasteiger partial charge in [0.2, 0.25) is 0 Å². The van der Waals surface area contributed by atoms with E-state index in [9.17, 15) is 9.90 Å². The minimum Gasteiger partial charge on any atom is -0.507 e. The van der Waals surface area contributed by atoms with Gasteiger partial charge >= 0.3 is 5.97 Å². The van der Waals surface area contributed by atoms with Crippen molar-refractivity contribution >= 4 is 18.6 Å². The van der Waals surface area contributed by atoms with Gasteiger partial charge < -0.3 is 10.2 Å². The number of phenolic OH excluding ortho intramolecular Hbond substituents is 1. The molecule has 0 fully saturated rings. The van der Waals surface area contributed by atoms with Gasteiger partial charge in [-0.15, -0.1) is 12.6 Å². The van der Waals surface area contributed by atoms with Crippen molar-refractivity contribution < 1.29 is 15.0 Å². The van der Waals surface area contributed by atoms with Crippen LogP contribution in [0.3, 0.4) is 0 Å². The average Bonchev–Trinajstić information content (AvgIpc) is 2.09. The molecule has 2 N–H and O–H groups in total. The van der Waals surface area contributed by atoms with E-state index in [1.807, 2.05) is 0 Å². The van der Waals surface area contributed by atoms with Crippen molar-refractivity contribution in [2.75, 3.05) is 0 Å². The Hall–Kier alpha value is -1.67. The number of hydrogen-bond donors (Lipinski definition) is 3. The van der Waals surface area contributed by atoms with Crippen molar-refractivity contribution in [1.82, 2.24) is 0 Å². The van der Waals surface area contributed by atoms with E-state index in [0.717, 1.165) is 0 Å². The summed E-state index contributed by atoms with van der Waals surface area (Å²) in [6.45, 7) is 0. The fourth-order valence-corrected chi connectivity index (χ4v) is 1.28. The van der Waals surface area contributed by atoms with Crippen LogP contribution in [0.1, 0.15) is 11.1 Å². The molecule has 1 aromatic rings. The van der Waals surface area contributed by atoms with Crippen molar-refractivity contribution in [1.29, 1.82) is 5.26 Å². The average molecular weight is 209 g/mol. The lowest BCUT2D eigenvalue weighted by atomic mass is 10.1. The number of aromatic hydroxyl groups is 1. The van der Waals surface area contributed by atoms with Crippen LogP contribution in [0.4, 0.5) is 0 Å². The first-order valence-electron chi connectivity index (χ1n) is 3.71. The van der Waals surface area contributed by atoms with Crippen molar-refractivity contribution in [3.63, 3.8) is 0 Å². The standard InChI is InChI=1S/C9H7NO3S/c10-4-6-1-5(2-9(12)13)8(14)3-7(6)11/h1,3,11,14H,2H2,(H,12,13). The maximum Gasteiger partial charge on any atom is 0.307 e. The van der Waals surface area contributed by atoms with E-state index in [1.54, 1.807) is 6.07 Å². The van der Waals surface area contributed by atoms with E-state index in [1.165, 1.54) is 12.1 Å². The number of carboxylic acid groups (broad SMARTS) is 1. The Morgan fingerprint density at radius 3 is 2.71 bits per heavy atom. The molecule has 0 atom stereocenters. The molecule has 4 nitrogen and oxygen atoms in total. The third-order valence-corrected chi connectivity index (χ3v) is 2.08. The lowest BCUT2D eigenvalue weighted by Crippen LogP contribution is -2.01. The van der Waals surface area contributed by atoms with Gasteiger partial charge in [-0.05, 0) is 17.7 Å². The Morgan fingerprint density at radius 2 is 2.21 bits per heavy atom. The van der Waals surface area contributed by atoms with Gasteiger partial charge in [0.25, 0.3) is 0 Å². The zero-order valence-electron chi connectivity index (χ0n) is 7.06. The number of carboxylic acids is 1. The molecule has 1 aromatic carbocycles. The Kier molecular flexibility index (Phi) is 2.99. The first kappa shape index (κ1) is 10.4. The summed E-state index contributed by atoms with van der Waals surface area (Å²) in [4.78, 5) is 10.8. The van der Waals surface area contributed by atoms with Crippen LogP contribution in [0.5, 0.6) is 5.75 Å². The molecule has 0 aliphatic rings. The molecule has 14 heavy (non-hydrogen) atoms. The summed E-state index contributed by atoms with van der Waals surface area (Å²) in [5.74, 6) is -1.19. The van der Waals surface area contributed by atoms with Crippen LogP contribution in [0.2, 0.25) is 0 Å². The van der Waals surface area contributed by atoms with Crippen LogP contribution < -0.4 is 0 Å². The van der Waals surface area contributed by atoms with Crippen LogP contribution in [-0.4, -0.2) is 16.2 Å². The molecule has 0 amide bonds. The summed E-state index contributed by atoms with van der Waals surface area (Å²) >= 11 is 4.00. The van der Waals surface area contributed by atoms with E-state index in [0.29, 0.717) is 10.5 Å². The minimum atomic E-state index is -1.00. The summed E-state index contributed by atoms with van der Waals surface area (Å²) in [6, 6.07) is 4.35. The number of nitriles is 1. The second-order valence-electron chi connectivity index (χ2n) is 2.68. The van der Waals surface area contributed by atoms with Crippen molar-refractivity contribution in [3.05, 3.63) is 23.3 Å². The van der Waals surface area contributed by atoms with Gasteiger partial charge in [0.15, 0.2) is 0 Å². The maximum atomic E-state index is 10.4. The zero-order chi connectivity index (χ0) is 10.7.